The number of hydrogen-bond donors (Lipinski definition) is 1. The van der Waals surface area contributed by atoms with Crippen LogP contribution in [0.4, 0.5) is 5.82 Å². The van der Waals surface area contributed by atoms with Crippen LogP contribution in [0, 0.1) is 0 Å². The van der Waals surface area contributed by atoms with E-state index < -0.39 is 36.8 Å². The molecule has 1 aromatic heterocycles. The molecule has 1 unspecified atom stereocenters. The Morgan fingerprint density at radius 1 is 1.58 bits per heavy atom. The van der Waals surface area contributed by atoms with Crippen LogP contribution >= 0.6 is 19.4 Å². The van der Waals surface area contributed by atoms with Crippen molar-refractivity contribution in [1.82, 2.24) is 9.55 Å². The SMILES string of the molecule is CC(C)OP1(=O)OC[C@H]2O[C@@H](n3ccc(N)nc3=O)[C@](C)(Cl)[C@@H]2O1. The molecule has 11 heteroatoms. The molecule has 0 saturated carbocycles. The summed E-state index contributed by atoms with van der Waals surface area (Å²) in [5.41, 5.74) is 4.89. The summed E-state index contributed by atoms with van der Waals surface area (Å²) < 4.78 is 35.6. The fourth-order valence-corrected chi connectivity index (χ4v) is 4.82. The highest BCUT2D eigenvalue weighted by molar-refractivity contribution is 7.48. The lowest BCUT2D eigenvalue weighted by Gasteiger charge is -2.35. The standard InChI is InChI=1S/C13H19ClN3O6P/c1-7(2)22-24(19)20-6-8-10(23-24)13(3,14)11(21-8)17-5-4-9(15)16-12(17)18/h4-5,7-8,10-11H,6H2,1-3H3,(H2,15,16,18)/t8-,10-,11-,13-,24?/m1/s1. The Labute approximate surface area is 143 Å². The summed E-state index contributed by atoms with van der Waals surface area (Å²) in [6.07, 6.45) is -1.18. The zero-order chi connectivity index (χ0) is 17.7. The third kappa shape index (κ3) is 3.12. The van der Waals surface area contributed by atoms with E-state index >= 15 is 0 Å². The van der Waals surface area contributed by atoms with E-state index in [9.17, 15) is 9.36 Å². The molecule has 2 fully saturated rings. The molecular formula is C13H19ClN3O6P. The van der Waals surface area contributed by atoms with E-state index in [1.165, 1.54) is 16.8 Å². The van der Waals surface area contributed by atoms with Gasteiger partial charge < -0.3 is 10.5 Å². The second kappa shape index (κ2) is 6.09. The molecule has 5 atom stereocenters. The number of hydrogen-bond acceptors (Lipinski definition) is 8. The quantitative estimate of drug-likeness (QED) is 0.623. The minimum atomic E-state index is -3.74. The van der Waals surface area contributed by atoms with Crippen molar-refractivity contribution in [2.24, 2.45) is 0 Å². The van der Waals surface area contributed by atoms with Crippen LogP contribution in [0.2, 0.25) is 0 Å². The molecule has 0 aliphatic carbocycles. The Balaban J connectivity index is 1.90. The fraction of sp³-hybridized carbons (Fsp3) is 0.692. The number of ether oxygens (including phenoxy) is 1. The number of alkyl halides is 1. The van der Waals surface area contributed by atoms with E-state index in [0.29, 0.717) is 0 Å². The third-order valence-electron chi connectivity index (χ3n) is 3.76. The Kier molecular flexibility index (Phi) is 4.53. The first-order valence-electron chi connectivity index (χ1n) is 7.43. The average molecular weight is 380 g/mol. The van der Waals surface area contributed by atoms with Gasteiger partial charge >= 0.3 is 13.5 Å². The smallest absolute Gasteiger partial charge is 0.383 e. The minimum Gasteiger partial charge on any atom is -0.383 e. The van der Waals surface area contributed by atoms with Gasteiger partial charge in [0, 0.05) is 6.20 Å². The molecule has 2 aliphatic rings. The van der Waals surface area contributed by atoms with E-state index in [1.807, 2.05) is 0 Å². The lowest BCUT2D eigenvalue weighted by atomic mass is 10.0. The molecule has 0 aromatic carbocycles. The average Bonchev–Trinajstić information content (AvgIpc) is 2.69. The van der Waals surface area contributed by atoms with Crippen LogP contribution in [0.3, 0.4) is 0 Å². The number of phosphoric acid groups is 1. The van der Waals surface area contributed by atoms with Crippen LogP contribution in [-0.4, -0.2) is 39.3 Å². The summed E-state index contributed by atoms with van der Waals surface area (Å²) >= 11 is 6.62. The lowest BCUT2D eigenvalue weighted by Crippen LogP contribution is -2.45. The highest BCUT2D eigenvalue weighted by Gasteiger charge is 2.60. The van der Waals surface area contributed by atoms with Crippen molar-refractivity contribution in [2.45, 2.75) is 50.2 Å². The predicted molar refractivity (Wildman–Crippen MR) is 85.7 cm³/mol. The van der Waals surface area contributed by atoms with Crippen molar-refractivity contribution in [2.75, 3.05) is 12.3 Å². The predicted octanol–water partition coefficient (Wildman–Crippen LogP) is 1.67. The third-order valence-corrected chi connectivity index (χ3v) is 5.80. The highest BCUT2D eigenvalue weighted by Crippen LogP contribution is 2.60. The van der Waals surface area contributed by atoms with Crippen molar-refractivity contribution in [3.05, 3.63) is 22.7 Å². The van der Waals surface area contributed by atoms with Crippen LogP contribution in [-0.2, 0) is 22.9 Å². The van der Waals surface area contributed by atoms with Crippen LogP contribution in [0.15, 0.2) is 17.1 Å². The van der Waals surface area contributed by atoms with Crippen molar-refractivity contribution in [3.63, 3.8) is 0 Å². The zero-order valence-electron chi connectivity index (χ0n) is 13.4. The number of aromatic nitrogens is 2. The van der Waals surface area contributed by atoms with Crippen molar-refractivity contribution in [1.29, 1.82) is 0 Å². The Morgan fingerprint density at radius 3 is 2.92 bits per heavy atom. The number of halogens is 1. The van der Waals surface area contributed by atoms with E-state index in [4.69, 9.17) is 35.6 Å². The second-order valence-electron chi connectivity index (χ2n) is 6.14. The number of nitrogens with zero attached hydrogens (tertiary/aromatic N) is 2. The molecule has 0 radical (unpaired) electrons. The molecule has 2 N–H and O–H groups in total. The number of fused-ring (bicyclic) bond motifs is 1. The summed E-state index contributed by atoms with van der Waals surface area (Å²) in [5, 5.41) is 0. The van der Waals surface area contributed by atoms with Gasteiger partial charge in [0.25, 0.3) is 0 Å². The summed E-state index contributed by atoms with van der Waals surface area (Å²) in [7, 11) is -3.74. The molecule has 2 aliphatic heterocycles. The van der Waals surface area contributed by atoms with Crippen LogP contribution < -0.4 is 11.4 Å². The second-order valence-corrected chi connectivity index (χ2v) is 8.53. The van der Waals surface area contributed by atoms with Crippen LogP contribution in [0.5, 0.6) is 0 Å². The van der Waals surface area contributed by atoms with Gasteiger partial charge in [-0.05, 0) is 26.8 Å². The van der Waals surface area contributed by atoms with E-state index in [2.05, 4.69) is 4.98 Å². The topological polar surface area (TPSA) is 115 Å². The first kappa shape index (κ1) is 17.8. The van der Waals surface area contributed by atoms with Gasteiger partial charge in [-0.3, -0.25) is 18.1 Å². The van der Waals surface area contributed by atoms with Gasteiger partial charge in [-0.15, -0.1) is 11.6 Å². The number of anilines is 1. The van der Waals surface area contributed by atoms with Crippen molar-refractivity contribution >= 4 is 25.2 Å². The minimum absolute atomic E-state index is 0.0232. The normalized spacial score (nSPS) is 39.1. The molecule has 0 spiro atoms. The van der Waals surface area contributed by atoms with Gasteiger partial charge in [-0.25, -0.2) is 9.36 Å². The van der Waals surface area contributed by atoms with Gasteiger partial charge in [0.15, 0.2) is 6.23 Å². The van der Waals surface area contributed by atoms with E-state index in [0.717, 1.165) is 0 Å². The summed E-state index contributed by atoms with van der Waals surface area (Å²) in [6.45, 7) is 5.04. The maximum Gasteiger partial charge on any atom is 0.475 e. The maximum absolute atomic E-state index is 12.6. The summed E-state index contributed by atoms with van der Waals surface area (Å²) in [6, 6.07) is 1.46. The van der Waals surface area contributed by atoms with Gasteiger partial charge in [0.1, 0.15) is 22.9 Å². The van der Waals surface area contributed by atoms with E-state index in [1.54, 1.807) is 20.8 Å². The molecule has 24 heavy (non-hydrogen) atoms. The summed E-state index contributed by atoms with van der Waals surface area (Å²) in [4.78, 5) is 14.6. The largest absolute Gasteiger partial charge is 0.475 e. The molecule has 2 saturated heterocycles. The molecule has 0 amide bonds. The fourth-order valence-electron chi connectivity index (χ4n) is 2.76. The number of phosphoric ester groups is 1. The molecule has 9 nitrogen and oxygen atoms in total. The van der Waals surface area contributed by atoms with E-state index in [-0.39, 0.29) is 18.5 Å². The maximum atomic E-state index is 12.6. The van der Waals surface area contributed by atoms with Gasteiger partial charge in [-0.2, -0.15) is 4.98 Å². The molecule has 0 bridgehead atoms. The first-order valence-corrected chi connectivity index (χ1v) is 9.26. The Bertz CT molecular complexity index is 739. The lowest BCUT2D eigenvalue weighted by molar-refractivity contribution is -0.0748. The van der Waals surface area contributed by atoms with Gasteiger partial charge in [-0.1, -0.05) is 0 Å². The molecule has 3 heterocycles. The summed E-state index contributed by atoms with van der Waals surface area (Å²) in [5.74, 6) is 0.0948. The molecule has 134 valence electrons. The zero-order valence-corrected chi connectivity index (χ0v) is 15.1. The Morgan fingerprint density at radius 2 is 2.29 bits per heavy atom. The van der Waals surface area contributed by atoms with Crippen LogP contribution in [0.1, 0.15) is 27.0 Å². The molecular weight excluding hydrogens is 361 g/mol. The number of nitrogen functional groups attached to an aromatic ring is 1. The van der Waals surface area contributed by atoms with Crippen LogP contribution in [0.25, 0.3) is 0 Å². The van der Waals surface area contributed by atoms with Crippen molar-refractivity contribution in [3.8, 4) is 0 Å². The molecule has 1 aromatic rings. The monoisotopic (exact) mass is 379 g/mol. The number of nitrogens with two attached hydrogens (primary N) is 1. The Hall–Kier alpha value is -0.960. The van der Waals surface area contributed by atoms with Crippen molar-refractivity contribution < 1.29 is 22.9 Å². The van der Waals surface area contributed by atoms with Gasteiger partial charge in [0.2, 0.25) is 0 Å². The number of rotatable bonds is 3. The first-order chi connectivity index (χ1) is 11.1. The molecule has 3 rings (SSSR count). The van der Waals surface area contributed by atoms with Gasteiger partial charge in [0.05, 0.1) is 12.7 Å². The highest BCUT2D eigenvalue weighted by atomic mass is 35.5.